The smallest absolute Gasteiger partial charge is 0.188 e. The molecule has 1 N–H and O–H groups in total. The number of unbranched alkanes of at least 4 members (excludes halogenated alkanes) is 2. The highest BCUT2D eigenvalue weighted by Crippen LogP contribution is 2.22. The minimum atomic E-state index is 0.210. The van der Waals surface area contributed by atoms with Crippen molar-refractivity contribution >= 4 is 11.8 Å². The minimum Gasteiger partial charge on any atom is -0.504 e. The zero-order valence-corrected chi connectivity index (χ0v) is 13.5. The van der Waals surface area contributed by atoms with E-state index in [4.69, 9.17) is 0 Å². The van der Waals surface area contributed by atoms with Gasteiger partial charge in [-0.2, -0.15) is 0 Å². The summed E-state index contributed by atoms with van der Waals surface area (Å²) < 4.78 is 0. The summed E-state index contributed by atoms with van der Waals surface area (Å²) in [4.78, 5) is 8.60. The van der Waals surface area contributed by atoms with Crippen LogP contribution in [0.1, 0.15) is 36.2 Å². The first-order valence-electron chi connectivity index (χ1n) is 7.38. The molecule has 0 saturated heterocycles. The zero-order chi connectivity index (χ0) is 15.1. The van der Waals surface area contributed by atoms with Crippen molar-refractivity contribution in [1.29, 1.82) is 0 Å². The van der Waals surface area contributed by atoms with Gasteiger partial charge in [0, 0.05) is 5.75 Å². The molecule has 0 aliphatic carbocycles. The van der Waals surface area contributed by atoms with Crippen LogP contribution in [0.15, 0.2) is 35.5 Å². The second-order valence-electron chi connectivity index (χ2n) is 5.17. The Balaban J connectivity index is 1.66. The number of hydrogen-bond donors (Lipinski definition) is 1. The van der Waals surface area contributed by atoms with Gasteiger partial charge in [0.05, 0.1) is 11.4 Å². The highest BCUT2D eigenvalue weighted by Gasteiger charge is 2.06. The van der Waals surface area contributed by atoms with Crippen molar-refractivity contribution in [2.24, 2.45) is 0 Å². The number of thioether (sulfide) groups is 1. The molecule has 3 nitrogen and oxygen atoms in total. The monoisotopic (exact) mass is 302 g/mol. The predicted octanol–water partition coefficient (Wildman–Crippen LogP) is 4.30. The van der Waals surface area contributed by atoms with Crippen LogP contribution in [0, 0.1) is 13.8 Å². The zero-order valence-electron chi connectivity index (χ0n) is 12.7. The van der Waals surface area contributed by atoms with E-state index in [0.717, 1.165) is 17.3 Å². The normalized spacial score (nSPS) is 10.8. The van der Waals surface area contributed by atoms with E-state index in [1.165, 1.54) is 24.8 Å². The molecule has 2 rings (SSSR count). The number of aryl methyl sites for hydroxylation is 3. The van der Waals surface area contributed by atoms with Crippen LogP contribution in [0.3, 0.4) is 0 Å². The molecular formula is C17H22N2OS. The predicted molar refractivity (Wildman–Crippen MR) is 87.9 cm³/mol. The van der Waals surface area contributed by atoms with Crippen LogP contribution < -0.4 is 0 Å². The quantitative estimate of drug-likeness (QED) is 0.470. The van der Waals surface area contributed by atoms with Gasteiger partial charge < -0.3 is 5.11 Å². The topological polar surface area (TPSA) is 46.0 Å². The van der Waals surface area contributed by atoms with Crippen molar-refractivity contribution < 1.29 is 5.11 Å². The van der Waals surface area contributed by atoms with Crippen LogP contribution in [0.2, 0.25) is 0 Å². The van der Waals surface area contributed by atoms with E-state index in [-0.39, 0.29) is 5.75 Å². The Labute approximate surface area is 130 Å². The Morgan fingerprint density at radius 1 is 0.952 bits per heavy atom. The third-order valence-corrected chi connectivity index (χ3v) is 4.33. The van der Waals surface area contributed by atoms with E-state index in [1.54, 1.807) is 11.8 Å². The van der Waals surface area contributed by atoms with Crippen LogP contribution in [0.5, 0.6) is 5.75 Å². The maximum atomic E-state index is 9.65. The van der Waals surface area contributed by atoms with E-state index in [0.29, 0.717) is 11.4 Å². The van der Waals surface area contributed by atoms with Crippen LogP contribution in [-0.4, -0.2) is 20.8 Å². The molecule has 1 heterocycles. The van der Waals surface area contributed by atoms with Gasteiger partial charge in [-0.3, -0.25) is 0 Å². The summed E-state index contributed by atoms with van der Waals surface area (Å²) >= 11 is 1.67. The molecule has 21 heavy (non-hydrogen) atoms. The average Bonchev–Trinajstić information content (AvgIpc) is 2.49. The lowest BCUT2D eigenvalue weighted by atomic mass is 10.1. The first-order chi connectivity index (χ1) is 10.2. The molecule has 1 aromatic carbocycles. The van der Waals surface area contributed by atoms with E-state index in [1.807, 2.05) is 13.8 Å². The van der Waals surface area contributed by atoms with Crippen molar-refractivity contribution in [1.82, 2.24) is 9.97 Å². The van der Waals surface area contributed by atoms with Crippen molar-refractivity contribution in [3.63, 3.8) is 0 Å². The Morgan fingerprint density at radius 3 is 2.29 bits per heavy atom. The Bertz CT molecular complexity index is 549. The summed E-state index contributed by atoms with van der Waals surface area (Å²) in [7, 11) is 0. The lowest BCUT2D eigenvalue weighted by molar-refractivity contribution is 0.456. The maximum absolute atomic E-state index is 9.65. The highest BCUT2D eigenvalue weighted by atomic mass is 32.2. The van der Waals surface area contributed by atoms with Crippen molar-refractivity contribution in [2.75, 3.05) is 5.75 Å². The fourth-order valence-electron chi connectivity index (χ4n) is 2.16. The second-order valence-corrected chi connectivity index (χ2v) is 6.23. The molecule has 0 bridgehead atoms. The molecule has 0 aliphatic rings. The van der Waals surface area contributed by atoms with Crippen molar-refractivity contribution in [2.45, 2.75) is 44.7 Å². The summed E-state index contributed by atoms with van der Waals surface area (Å²) in [6, 6.07) is 10.6. The number of benzene rings is 1. The molecule has 0 fully saturated rings. The van der Waals surface area contributed by atoms with E-state index >= 15 is 0 Å². The summed E-state index contributed by atoms with van der Waals surface area (Å²) in [6.45, 7) is 3.63. The first kappa shape index (κ1) is 15.8. The molecule has 0 saturated carbocycles. The van der Waals surface area contributed by atoms with Gasteiger partial charge in [-0.25, -0.2) is 9.97 Å². The van der Waals surface area contributed by atoms with Gasteiger partial charge in [0.2, 0.25) is 0 Å². The molecule has 2 aromatic rings. The summed E-state index contributed by atoms with van der Waals surface area (Å²) in [6.07, 6.45) is 4.76. The number of nitrogens with zero attached hydrogens (tertiary/aromatic N) is 2. The third-order valence-electron chi connectivity index (χ3n) is 3.40. The summed E-state index contributed by atoms with van der Waals surface area (Å²) in [5, 5.41) is 10.4. The number of rotatable bonds is 7. The number of aromatic nitrogens is 2. The fraction of sp³-hybridized carbons (Fsp3) is 0.412. The van der Waals surface area contributed by atoms with Crippen LogP contribution in [-0.2, 0) is 6.42 Å². The Kier molecular flexibility index (Phi) is 6.05. The molecule has 112 valence electrons. The molecule has 0 aliphatic heterocycles. The van der Waals surface area contributed by atoms with Gasteiger partial charge in [0.25, 0.3) is 0 Å². The first-order valence-corrected chi connectivity index (χ1v) is 8.36. The van der Waals surface area contributed by atoms with E-state index in [2.05, 4.69) is 40.3 Å². The summed E-state index contributed by atoms with van der Waals surface area (Å²) in [5.74, 6) is 1.24. The molecular weight excluding hydrogens is 280 g/mol. The SMILES string of the molecule is Cc1nc(SCCCCCc2ccccc2)nc(C)c1O. The molecule has 0 atom stereocenters. The highest BCUT2D eigenvalue weighted by molar-refractivity contribution is 7.99. The molecule has 0 radical (unpaired) electrons. The number of hydrogen-bond acceptors (Lipinski definition) is 4. The summed E-state index contributed by atoms with van der Waals surface area (Å²) in [5.41, 5.74) is 2.74. The van der Waals surface area contributed by atoms with E-state index in [9.17, 15) is 5.11 Å². The van der Waals surface area contributed by atoms with Crippen LogP contribution in [0.4, 0.5) is 0 Å². The molecule has 1 aromatic heterocycles. The van der Waals surface area contributed by atoms with Gasteiger partial charge >= 0.3 is 0 Å². The van der Waals surface area contributed by atoms with Crippen LogP contribution >= 0.6 is 11.8 Å². The fourth-order valence-corrected chi connectivity index (χ4v) is 3.09. The second kappa shape index (κ2) is 8.03. The maximum Gasteiger partial charge on any atom is 0.188 e. The van der Waals surface area contributed by atoms with Gasteiger partial charge in [-0.05, 0) is 38.7 Å². The molecule has 0 amide bonds. The molecule has 0 spiro atoms. The van der Waals surface area contributed by atoms with Crippen molar-refractivity contribution in [3.8, 4) is 5.75 Å². The van der Waals surface area contributed by atoms with Gasteiger partial charge in [-0.1, -0.05) is 48.5 Å². The average molecular weight is 302 g/mol. The van der Waals surface area contributed by atoms with Crippen molar-refractivity contribution in [3.05, 3.63) is 47.3 Å². The van der Waals surface area contributed by atoms with E-state index < -0.39 is 0 Å². The Hall–Kier alpha value is -1.55. The standard InChI is InChI=1S/C17H22N2OS/c1-13-16(20)14(2)19-17(18-13)21-12-8-4-7-11-15-9-5-3-6-10-15/h3,5-6,9-10,20H,4,7-8,11-12H2,1-2H3. The minimum absolute atomic E-state index is 0.210. The lowest BCUT2D eigenvalue weighted by Gasteiger charge is -2.05. The lowest BCUT2D eigenvalue weighted by Crippen LogP contribution is -1.95. The number of aromatic hydroxyl groups is 1. The van der Waals surface area contributed by atoms with Gasteiger partial charge in [-0.15, -0.1) is 0 Å². The van der Waals surface area contributed by atoms with Crippen LogP contribution in [0.25, 0.3) is 0 Å². The van der Waals surface area contributed by atoms with Gasteiger partial charge in [0.15, 0.2) is 10.9 Å². The largest absolute Gasteiger partial charge is 0.504 e. The third kappa shape index (κ3) is 5.05. The molecule has 0 unspecified atom stereocenters. The Morgan fingerprint density at radius 2 is 1.62 bits per heavy atom. The van der Waals surface area contributed by atoms with Gasteiger partial charge in [0.1, 0.15) is 0 Å². The molecule has 4 heteroatoms.